The molecule has 63 heavy (non-hydrogen) atoms. The number of aryl methyl sites for hydroxylation is 2. The SMILES string of the molecule is C1=CC(n2c3ccc(-c4ccccc4-c4ccccc4)cc3c3cc4c(cc32)-c2cc3c(cc2CC4)c2c(n3-c3ccc[nH]3)CCC(c3ccccc3-c3ccccc3)=C2)=CNC1. The largest absolute Gasteiger partial charge is 0.386 e. The van der Waals surface area contributed by atoms with Gasteiger partial charge < -0.3 is 14.9 Å². The quantitative estimate of drug-likeness (QED) is 0.173. The van der Waals surface area contributed by atoms with Crippen LogP contribution in [0.4, 0.5) is 0 Å². The molecule has 0 saturated heterocycles. The van der Waals surface area contributed by atoms with Gasteiger partial charge in [-0.15, -0.1) is 0 Å². The highest BCUT2D eigenvalue weighted by molar-refractivity contribution is 6.14. The zero-order valence-corrected chi connectivity index (χ0v) is 34.9. The second-order valence-electron chi connectivity index (χ2n) is 17.2. The smallest absolute Gasteiger partial charge is 0.114 e. The van der Waals surface area contributed by atoms with Gasteiger partial charge in [-0.25, -0.2) is 0 Å². The molecule has 0 unspecified atom stereocenters. The minimum atomic E-state index is 0.834. The van der Waals surface area contributed by atoms with E-state index in [-0.39, 0.29) is 0 Å². The summed E-state index contributed by atoms with van der Waals surface area (Å²) < 4.78 is 4.97. The van der Waals surface area contributed by atoms with Gasteiger partial charge in [0.25, 0.3) is 0 Å². The maximum Gasteiger partial charge on any atom is 0.114 e. The van der Waals surface area contributed by atoms with Gasteiger partial charge in [-0.3, -0.25) is 4.57 Å². The Hall–Kier alpha value is -7.82. The maximum atomic E-state index is 3.59. The molecule has 0 amide bonds. The van der Waals surface area contributed by atoms with E-state index in [2.05, 4.69) is 208 Å². The number of nitrogens with zero attached hydrogens (tertiary/aromatic N) is 2. The van der Waals surface area contributed by atoms with Gasteiger partial charge in [-0.05, 0) is 153 Å². The molecule has 0 fully saturated rings. The number of hydrogen-bond donors (Lipinski definition) is 2. The van der Waals surface area contributed by atoms with Crippen molar-refractivity contribution in [3.63, 3.8) is 0 Å². The van der Waals surface area contributed by atoms with E-state index in [1.807, 2.05) is 6.20 Å². The van der Waals surface area contributed by atoms with Crippen LogP contribution in [0.3, 0.4) is 0 Å². The zero-order chi connectivity index (χ0) is 41.4. The number of allylic oxidation sites excluding steroid dienone is 3. The van der Waals surface area contributed by atoms with E-state index in [0.29, 0.717) is 0 Å². The van der Waals surface area contributed by atoms with Gasteiger partial charge in [0.2, 0.25) is 0 Å². The standard InChI is InChI=1S/C59H44N4/c1-3-13-38(14-4-1)45-18-7-9-20-47(45)40-25-27-55-51(31-40)53-33-42-23-24-43-34-54-52-32-41(48-21-10-8-19-46(48)39-15-5-2-6-16-39)26-28-56(52)63(59-22-12-30-61-59)58(54)36-50(43)49(42)35-57(53)62(55)44-17-11-29-60-37-44/h1-22,25,27,30-37,60-61H,23-24,26,28-29H2. The summed E-state index contributed by atoms with van der Waals surface area (Å²) in [6.07, 6.45) is 15.2. The molecule has 0 radical (unpaired) electrons. The number of rotatable bonds is 6. The Morgan fingerprint density at radius 1 is 0.444 bits per heavy atom. The van der Waals surface area contributed by atoms with Gasteiger partial charge in [0.05, 0.1) is 22.2 Å². The van der Waals surface area contributed by atoms with Gasteiger partial charge >= 0.3 is 0 Å². The fraction of sp³-hybridized carbons (Fsp3) is 0.0847. The van der Waals surface area contributed by atoms with E-state index in [1.54, 1.807) is 0 Å². The van der Waals surface area contributed by atoms with Gasteiger partial charge in [0.15, 0.2) is 0 Å². The van der Waals surface area contributed by atoms with E-state index in [0.717, 1.165) is 43.7 Å². The number of H-pyrrole nitrogens is 1. The number of dihydropyridines is 1. The van der Waals surface area contributed by atoms with Crippen molar-refractivity contribution in [1.82, 2.24) is 19.4 Å². The lowest BCUT2D eigenvalue weighted by Gasteiger charge is -2.22. The first-order chi connectivity index (χ1) is 31.2. The van der Waals surface area contributed by atoms with Crippen molar-refractivity contribution >= 4 is 50.1 Å². The fourth-order valence-electron chi connectivity index (χ4n) is 10.9. The third-order valence-corrected chi connectivity index (χ3v) is 13.8. The summed E-state index contributed by atoms with van der Waals surface area (Å²) in [5, 5.41) is 7.41. The molecule has 10 aromatic rings. The van der Waals surface area contributed by atoms with Gasteiger partial charge in [-0.1, -0.05) is 121 Å². The van der Waals surface area contributed by atoms with Crippen LogP contribution >= 0.6 is 0 Å². The molecule has 4 heteroatoms. The van der Waals surface area contributed by atoms with Gasteiger partial charge in [-0.2, -0.15) is 0 Å². The second-order valence-corrected chi connectivity index (χ2v) is 17.2. The Balaban J connectivity index is 1.00. The van der Waals surface area contributed by atoms with E-state index in [4.69, 9.17) is 0 Å². The number of fused-ring (bicyclic) bond motifs is 9. The molecule has 0 atom stereocenters. The van der Waals surface area contributed by atoms with E-state index in [1.165, 1.54) is 111 Å². The van der Waals surface area contributed by atoms with Crippen molar-refractivity contribution in [1.29, 1.82) is 0 Å². The summed E-state index contributed by atoms with van der Waals surface area (Å²) in [4.78, 5) is 3.59. The normalized spacial score (nSPS) is 14.3. The number of aromatic nitrogens is 3. The Labute approximate surface area is 366 Å². The van der Waals surface area contributed by atoms with Crippen LogP contribution in [0.2, 0.25) is 0 Å². The predicted octanol–water partition coefficient (Wildman–Crippen LogP) is 14.3. The van der Waals surface area contributed by atoms with Crippen LogP contribution in [0, 0.1) is 0 Å². The molecule has 0 saturated carbocycles. The molecule has 7 aromatic carbocycles. The van der Waals surface area contributed by atoms with Crippen LogP contribution in [0.5, 0.6) is 0 Å². The summed E-state index contributed by atoms with van der Waals surface area (Å²) in [6, 6.07) is 60.8. The average molecular weight is 809 g/mol. The third-order valence-electron chi connectivity index (χ3n) is 13.8. The summed E-state index contributed by atoms with van der Waals surface area (Å²) in [5.74, 6) is 1.11. The Morgan fingerprint density at radius 2 is 1.06 bits per heavy atom. The van der Waals surface area contributed by atoms with E-state index in [9.17, 15) is 0 Å². The zero-order valence-electron chi connectivity index (χ0n) is 34.9. The lowest BCUT2D eigenvalue weighted by atomic mass is 9.83. The summed E-state index contributed by atoms with van der Waals surface area (Å²) >= 11 is 0. The number of hydrogen-bond acceptors (Lipinski definition) is 1. The van der Waals surface area contributed by atoms with Crippen molar-refractivity contribution < 1.29 is 0 Å². The Morgan fingerprint density at radius 3 is 1.73 bits per heavy atom. The highest BCUT2D eigenvalue weighted by Crippen LogP contribution is 2.47. The summed E-state index contributed by atoms with van der Waals surface area (Å²) in [5.41, 5.74) is 23.3. The van der Waals surface area contributed by atoms with Crippen molar-refractivity contribution in [3.05, 3.63) is 216 Å². The molecule has 3 aliphatic rings. The van der Waals surface area contributed by atoms with E-state index < -0.39 is 0 Å². The van der Waals surface area contributed by atoms with Gasteiger partial charge in [0, 0.05) is 46.4 Å². The molecule has 3 aromatic heterocycles. The molecule has 0 bridgehead atoms. The van der Waals surface area contributed by atoms with Crippen molar-refractivity contribution in [3.8, 4) is 50.3 Å². The molecule has 0 spiro atoms. The molecule has 1 aliphatic heterocycles. The highest BCUT2D eigenvalue weighted by Gasteiger charge is 2.28. The first kappa shape index (κ1) is 35.9. The molecular weight excluding hydrogens is 765 g/mol. The lowest BCUT2D eigenvalue weighted by molar-refractivity contribution is 0.884. The maximum absolute atomic E-state index is 3.59. The molecule has 300 valence electrons. The summed E-state index contributed by atoms with van der Waals surface area (Å²) in [6.45, 7) is 0.834. The number of nitrogens with one attached hydrogen (secondary N) is 2. The van der Waals surface area contributed by atoms with Gasteiger partial charge in [0.1, 0.15) is 5.82 Å². The molecule has 2 aliphatic carbocycles. The van der Waals surface area contributed by atoms with Crippen LogP contribution in [-0.4, -0.2) is 20.7 Å². The lowest BCUT2D eigenvalue weighted by Crippen LogP contribution is -2.11. The van der Waals surface area contributed by atoms with Crippen molar-refractivity contribution in [2.45, 2.75) is 25.7 Å². The minimum absolute atomic E-state index is 0.834. The van der Waals surface area contributed by atoms with Crippen molar-refractivity contribution in [2.24, 2.45) is 0 Å². The first-order valence-corrected chi connectivity index (χ1v) is 22.3. The van der Waals surface area contributed by atoms with Crippen LogP contribution in [0.25, 0.3) is 100 Å². The molecule has 13 rings (SSSR count). The summed E-state index contributed by atoms with van der Waals surface area (Å²) in [7, 11) is 0. The van der Waals surface area contributed by atoms with Crippen LogP contribution in [-0.2, 0) is 19.3 Å². The topological polar surface area (TPSA) is 37.7 Å². The average Bonchev–Trinajstić information content (AvgIpc) is 4.08. The minimum Gasteiger partial charge on any atom is -0.386 e. The Kier molecular flexibility index (Phi) is 8.20. The monoisotopic (exact) mass is 808 g/mol. The van der Waals surface area contributed by atoms with Crippen LogP contribution in [0.15, 0.2) is 188 Å². The van der Waals surface area contributed by atoms with E-state index >= 15 is 0 Å². The number of aromatic amines is 1. The Bertz CT molecular complexity index is 3540. The van der Waals surface area contributed by atoms with Crippen LogP contribution in [0.1, 0.15) is 34.4 Å². The fourth-order valence-corrected chi connectivity index (χ4v) is 10.9. The first-order valence-electron chi connectivity index (χ1n) is 22.3. The molecular formula is C59H44N4. The number of benzene rings is 7. The van der Waals surface area contributed by atoms with Crippen molar-refractivity contribution in [2.75, 3.05) is 6.54 Å². The third kappa shape index (κ3) is 5.75. The molecule has 4 heterocycles. The molecule has 4 nitrogen and oxygen atoms in total. The predicted molar refractivity (Wildman–Crippen MR) is 264 cm³/mol. The van der Waals surface area contributed by atoms with Crippen LogP contribution < -0.4 is 5.32 Å². The molecule has 2 N–H and O–H groups in total. The highest BCUT2D eigenvalue weighted by atomic mass is 15.1. The second kappa shape index (κ2) is 14.4.